The van der Waals surface area contributed by atoms with Gasteiger partial charge >= 0.3 is 8.56 Å². The number of benzene rings is 2. The van der Waals surface area contributed by atoms with Crippen molar-refractivity contribution in [2.24, 2.45) is 0 Å². The molecule has 3 heteroatoms. The molecule has 0 saturated carbocycles. The van der Waals surface area contributed by atoms with Gasteiger partial charge in [-0.05, 0) is 17.7 Å². The van der Waals surface area contributed by atoms with Gasteiger partial charge < -0.3 is 8.85 Å². The maximum atomic E-state index is 5.65. The van der Waals surface area contributed by atoms with Crippen LogP contribution in [0.25, 0.3) is 11.1 Å². The minimum absolute atomic E-state index is 1.17. The first kappa shape index (κ1) is 13.0. The molecule has 0 unspecified atom stereocenters. The van der Waals surface area contributed by atoms with Gasteiger partial charge in [0, 0.05) is 19.4 Å². The normalized spacial score (nSPS) is 11.5. The zero-order valence-electron chi connectivity index (χ0n) is 11.0. The van der Waals surface area contributed by atoms with E-state index >= 15 is 0 Å². The highest BCUT2D eigenvalue weighted by atomic mass is 28.4. The number of rotatable bonds is 4. The summed E-state index contributed by atoms with van der Waals surface area (Å²) in [5.74, 6) is 0. The van der Waals surface area contributed by atoms with E-state index in [-0.39, 0.29) is 0 Å². The lowest BCUT2D eigenvalue weighted by molar-refractivity contribution is 0.265. The van der Waals surface area contributed by atoms with E-state index in [4.69, 9.17) is 8.85 Å². The molecule has 0 aliphatic heterocycles. The number of hydrogen-bond acceptors (Lipinski definition) is 2. The first-order chi connectivity index (χ1) is 8.71. The third-order valence-electron chi connectivity index (χ3n) is 3.28. The second-order valence-corrected chi connectivity index (χ2v) is 7.51. The fraction of sp³-hybridized carbons (Fsp3) is 0.200. The van der Waals surface area contributed by atoms with Crippen molar-refractivity contribution in [1.29, 1.82) is 0 Å². The van der Waals surface area contributed by atoms with Gasteiger partial charge in [-0.2, -0.15) is 0 Å². The van der Waals surface area contributed by atoms with E-state index in [9.17, 15) is 0 Å². The highest BCUT2D eigenvalue weighted by Gasteiger charge is 2.34. The van der Waals surface area contributed by atoms with E-state index < -0.39 is 8.56 Å². The van der Waals surface area contributed by atoms with E-state index in [1.54, 1.807) is 14.2 Å². The van der Waals surface area contributed by atoms with Crippen LogP contribution < -0.4 is 5.19 Å². The van der Waals surface area contributed by atoms with Crippen LogP contribution >= 0.6 is 0 Å². The largest absolute Gasteiger partial charge is 0.394 e. The van der Waals surface area contributed by atoms with Crippen LogP contribution in [0.2, 0.25) is 6.55 Å². The van der Waals surface area contributed by atoms with Crippen molar-refractivity contribution in [3.05, 3.63) is 54.6 Å². The van der Waals surface area contributed by atoms with Gasteiger partial charge in [-0.1, -0.05) is 54.6 Å². The van der Waals surface area contributed by atoms with Crippen LogP contribution in [0.1, 0.15) is 0 Å². The molecule has 2 aromatic rings. The minimum Gasteiger partial charge on any atom is -0.394 e. The molecule has 0 N–H and O–H groups in total. The van der Waals surface area contributed by atoms with E-state index in [0.29, 0.717) is 0 Å². The Labute approximate surface area is 109 Å². The molecule has 0 bridgehead atoms. The summed E-state index contributed by atoms with van der Waals surface area (Å²) in [5.41, 5.74) is 2.39. The van der Waals surface area contributed by atoms with Gasteiger partial charge in [-0.25, -0.2) is 0 Å². The Bertz CT molecular complexity index is 507. The van der Waals surface area contributed by atoms with Gasteiger partial charge in [0.05, 0.1) is 0 Å². The van der Waals surface area contributed by atoms with Gasteiger partial charge in [0.25, 0.3) is 0 Å². The molecule has 0 amide bonds. The first-order valence-electron chi connectivity index (χ1n) is 5.96. The molecule has 0 radical (unpaired) electrons. The average molecular weight is 258 g/mol. The Hall–Kier alpha value is -1.42. The molecule has 2 nitrogen and oxygen atoms in total. The second kappa shape index (κ2) is 5.48. The summed E-state index contributed by atoms with van der Waals surface area (Å²) in [6.07, 6.45) is 0. The van der Waals surface area contributed by atoms with Crippen LogP contribution in [-0.2, 0) is 8.85 Å². The predicted molar refractivity (Wildman–Crippen MR) is 77.1 cm³/mol. The van der Waals surface area contributed by atoms with Gasteiger partial charge in [0.2, 0.25) is 0 Å². The zero-order chi connectivity index (χ0) is 13.0. The summed E-state index contributed by atoms with van der Waals surface area (Å²) >= 11 is 0. The lowest BCUT2D eigenvalue weighted by atomic mass is 10.1. The Kier molecular flexibility index (Phi) is 3.96. The van der Waals surface area contributed by atoms with E-state index in [1.165, 1.54) is 16.3 Å². The van der Waals surface area contributed by atoms with Crippen LogP contribution in [0.4, 0.5) is 0 Å². The molecule has 0 aliphatic carbocycles. The molecule has 0 saturated heterocycles. The van der Waals surface area contributed by atoms with E-state index in [2.05, 4.69) is 30.8 Å². The van der Waals surface area contributed by atoms with Crippen molar-refractivity contribution in [3.63, 3.8) is 0 Å². The molecule has 94 valence electrons. The van der Waals surface area contributed by atoms with Crippen molar-refractivity contribution < 1.29 is 8.85 Å². The van der Waals surface area contributed by atoms with Gasteiger partial charge in [-0.3, -0.25) is 0 Å². The van der Waals surface area contributed by atoms with Crippen molar-refractivity contribution in [1.82, 2.24) is 0 Å². The minimum atomic E-state index is -2.30. The first-order valence-corrected chi connectivity index (χ1v) is 8.28. The molecule has 18 heavy (non-hydrogen) atoms. The van der Waals surface area contributed by atoms with Crippen LogP contribution in [-0.4, -0.2) is 22.8 Å². The van der Waals surface area contributed by atoms with Crippen LogP contribution in [0.5, 0.6) is 0 Å². The van der Waals surface area contributed by atoms with E-state index in [1.807, 2.05) is 30.3 Å². The molecular formula is C15H18O2Si. The maximum Gasteiger partial charge on any atom is 0.369 e. The Morgan fingerprint density at radius 2 is 1.33 bits per heavy atom. The zero-order valence-corrected chi connectivity index (χ0v) is 12.0. The molecule has 0 aliphatic rings. The molecule has 2 rings (SSSR count). The van der Waals surface area contributed by atoms with Crippen molar-refractivity contribution in [2.75, 3.05) is 14.2 Å². The fourth-order valence-electron chi connectivity index (χ4n) is 2.05. The molecule has 0 heterocycles. The van der Waals surface area contributed by atoms with Crippen LogP contribution in [0.3, 0.4) is 0 Å². The molecule has 0 atom stereocenters. The smallest absolute Gasteiger partial charge is 0.369 e. The third-order valence-corrected chi connectivity index (χ3v) is 6.25. The van der Waals surface area contributed by atoms with Gasteiger partial charge in [-0.15, -0.1) is 0 Å². The quantitative estimate of drug-likeness (QED) is 0.785. The highest BCUT2D eigenvalue weighted by molar-refractivity contribution is 6.81. The fourth-order valence-corrected chi connectivity index (χ4v) is 3.77. The molecule has 0 spiro atoms. The summed E-state index contributed by atoms with van der Waals surface area (Å²) in [7, 11) is 1.14. The molecular weight excluding hydrogens is 240 g/mol. The van der Waals surface area contributed by atoms with Crippen LogP contribution in [0, 0.1) is 0 Å². The molecule has 0 aromatic heterocycles. The van der Waals surface area contributed by atoms with Crippen molar-refractivity contribution in [3.8, 4) is 11.1 Å². The number of hydrogen-bond donors (Lipinski definition) is 0. The van der Waals surface area contributed by atoms with Gasteiger partial charge in [0.15, 0.2) is 0 Å². The van der Waals surface area contributed by atoms with E-state index in [0.717, 1.165) is 0 Å². The standard InChI is InChI=1S/C15H18O2Si/c1-16-18(3,17-2)15-12-8-7-11-14(15)13-9-5-4-6-10-13/h4-12H,1-3H3. The summed E-state index contributed by atoms with van der Waals surface area (Å²) in [5, 5.41) is 1.17. The Morgan fingerprint density at radius 3 is 1.94 bits per heavy atom. The van der Waals surface area contributed by atoms with Crippen molar-refractivity contribution in [2.45, 2.75) is 6.55 Å². The second-order valence-electron chi connectivity index (χ2n) is 4.27. The van der Waals surface area contributed by atoms with Crippen molar-refractivity contribution >= 4 is 13.7 Å². The maximum absolute atomic E-state index is 5.65. The lowest BCUT2D eigenvalue weighted by Gasteiger charge is -2.25. The average Bonchev–Trinajstić information content (AvgIpc) is 2.47. The predicted octanol–water partition coefficient (Wildman–Crippen LogP) is 2.93. The van der Waals surface area contributed by atoms with Gasteiger partial charge in [0.1, 0.15) is 0 Å². The highest BCUT2D eigenvalue weighted by Crippen LogP contribution is 2.20. The molecule has 2 aromatic carbocycles. The summed E-state index contributed by atoms with van der Waals surface area (Å²) in [4.78, 5) is 0. The monoisotopic (exact) mass is 258 g/mol. The SMILES string of the molecule is CO[Si](C)(OC)c1ccccc1-c1ccccc1. The Morgan fingerprint density at radius 1 is 0.778 bits per heavy atom. The Balaban J connectivity index is 2.57. The topological polar surface area (TPSA) is 18.5 Å². The lowest BCUT2D eigenvalue weighted by Crippen LogP contribution is -2.50. The summed E-state index contributed by atoms with van der Waals surface area (Å²) < 4.78 is 11.3. The third kappa shape index (κ3) is 2.38. The summed E-state index contributed by atoms with van der Waals surface area (Å²) in [6.45, 7) is 2.06. The van der Waals surface area contributed by atoms with Crippen LogP contribution in [0.15, 0.2) is 54.6 Å². The summed E-state index contributed by atoms with van der Waals surface area (Å²) in [6, 6.07) is 18.6. The molecule has 0 fully saturated rings.